The van der Waals surface area contributed by atoms with Crippen molar-refractivity contribution in [2.24, 2.45) is 17.6 Å². The monoisotopic (exact) mass is 254 g/mol. The summed E-state index contributed by atoms with van der Waals surface area (Å²) in [7, 11) is 0. The molecular formula is C14H26N2O2. The van der Waals surface area contributed by atoms with Gasteiger partial charge in [-0.05, 0) is 69.6 Å². The smallest absolute Gasteiger partial charge is 0.404 e. The molecule has 0 aromatic heterocycles. The van der Waals surface area contributed by atoms with Gasteiger partial charge in [0.25, 0.3) is 0 Å². The van der Waals surface area contributed by atoms with Gasteiger partial charge in [0.05, 0.1) is 0 Å². The van der Waals surface area contributed by atoms with Crippen LogP contribution in [0, 0.1) is 11.8 Å². The Hall–Kier alpha value is -0.770. The average Bonchev–Trinajstić information content (AvgIpc) is 2.34. The lowest BCUT2D eigenvalue weighted by Crippen LogP contribution is -2.37. The number of carbonyl (C=O) groups is 1. The number of rotatable bonds is 3. The lowest BCUT2D eigenvalue weighted by molar-refractivity contribution is 0.176. The zero-order valence-corrected chi connectivity index (χ0v) is 11.1. The van der Waals surface area contributed by atoms with E-state index < -0.39 is 6.09 Å². The highest BCUT2D eigenvalue weighted by molar-refractivity contribution is 5.64. The molecule has 104 valence electrons. The van der Waals surface area contributed by atoms with Crippen LogP contribution in [0.3, 0.4) is 0 Å². The molecule has 2 aliphatic carbocycles. The zero-order chi connectivity index (χ0) is 13.0. The Morgan fingerprint density at radius 3 is 2.00 bits per heavy atom. The van der Waals surface area contributed by atoms with Crippen LogP contribution in [0.2, 0.25) is 0 Å². The molecule has 4 N–H and O–H groups in total. The topological polar surface area (TPSA) is 75.3 Å². The zero-order valence-electron chi connectivity index (χ0n) is 11.1. The quantitative estimate of drug-likeness (QED) is 0.725. The molecule has 4 nitrogen and oxygen atoms in total. The summed E-state index contributed by atoms with van der Waals surface area (Å²) in [6.07, 6.45) is 9.86. The molecule has 0 atom stereocenters. The number of amides is 1. The van der Waals surface area contributed by atoms with Gasteiger partial charge in [-0.25, -0.2) is 4.79 Å². The molecule has 2 saturated carbocycles. The van der Waals surface area contributed by atoms with Gasteiger partial charge in [-0.15, -0.1) is 0 Å². The Bertz CT molecular complexity index is 267. The van der Waals surface area contributed by atoms with Gasteiger partial charge in [0.2, 0.25) is 0 Å². The molecule has 0 bridgehead atoms. The Morgan fingerprint density at radius 2 is 1.50 bits per heavy atom. The molecule has 0 aromatic rings. The summed E-state index contributed by atoms with van der Waals surface area (Å²) in [6, 6.07) is 0.635. The molecule has 0 spiro atoms. The summed E-state index contributed by atoms with van der Waals surface area (Å²) < 4.78 is 0. The predicted molar refractivity (Wildman–Crippen MR) is 71.5 cm³/mol. The fraction of sp³-hybridized carbons (Fsp3) is 0.929. The first-order chi connectivity index (χ1) is 8.63. The Kier molecular flexibility index (Phi) is 4.87. The van der Waals surface area contributed by atoms with Gasteiger partial charge in [0.15, 0.2) is 0 Å². The third kappa shape index (κ3) is 4.16. The third-order valence-electron chi connectivity index (χ3n) is 4.73. The Labute approximate surface area is 109 Å². The summed E-state index contributed by atoms with van der Waals surface area (Å²) in [5.41, 5.74) is 5.93. The lowest BCUT2D eigenvalue weighted by atomic mass is 9.76. The highest BCUT2D eigenvalue weighted by Gasteiger charge is 2.26. The van der Waals surface area contributed by atoms with Crippen LogP contribution < -0.4 is 11.1 Å². The normalized spacial score (nSPS) is 37.2. The highest BCUT2D eigenvalue weighted by Crippen LogP contribution is 2.34. The molecule has 0 unspecified atom stereocenters. The van der Waals surface area contributed by atoms with Crippen molar-refractivity contribution in [1.82, 2.24) is 5.32 Å². The first-order valence-corrected chi connectivity index (χ1v) is 7.38. The number of nitrogens with two attached hydrogens (primary N) is 1. The maximum Gasteiger partial charge on any atom is 0.404 e. The summed E-state index contributed by atoms with van der Waals surface area (Å²) in [4.78, 5) is 10.6. The first-order valence-electron chi connectivity index (χ1n) is 7.38. The van der Waals surface area contributed by atoms with E-state index in [9.17, 15) is 4.79 Å². The first kappa shape index (κ1) is 13.7. The molecule has 2 rings (SSSR count). The summed E-state index contributed by atoms with van der Waals surface area (Å²) in [6.45, 7) is 0. The summed E-state index contributed by atoms with van der Waals surface area (Å²) in [5, 5.41) is 11.3. The van der Waals surface area contributed by atoms with Gasteiger partial charge < -0.3 is 16.2 Å². The predicted octanol–water partition coefficient (Wildman–Crippen LogP) is 2.72. The van der Waals surface area contributed by atoms with E-state index in [0.29, 0.717) is 6.04 Å². The van der Waals surface area contributed by atoms with Crippen LogP contribution in [0.1, 0.15) is 57.8 Å². The van der Waals surface area contributed by atoms with Crippen molar-refractivity contribution in [3.8, 4) is 0 Å². The van der Waals surface area contributed by atoms with E-state index in [1.807, 2.05) is 0 Å². The maximum atomic E-state index is 10.6. The number of carboxylic acid groups (broad SMARTS) is 1. The second-order valence-corrected chi connectivity index (χ2v) is 6.18. The van der Waals surface area contributed by atoms with E-state index in [1.54, 1.807) is 0 Å². The summed E-state index contributed by atoms with van der Waals surface area (Å²) >= 11 is 0. The van der Waals surface area contributed by atoms with Crippen LogP contribution in [-0.2, 0) is 0 Å². The van der Waals surface area contributed by atoms with Crippen LogP contribution >= 0.6 is 0 Å². The van der Waals surface area contributed by atoms with Gasteiger partial charge in [-0.3, -0.25) is 0 Å². The Morgan fingerprint density at radius 1 is 1.00 bits per heavy atom. The van der Waals surface area contributed by atoms with Crippen molar-refractivity contribution < 1.29 is 9.90 Å². The van der Waals surface area contributed by atoms with Crippen LogP contribution in [0.4, 0.5) is 4.79 Å². The van der Waals surface area contributed by atoms with Crippen molar-refractivity contribution >= 4 is 6.09 Å². The van der Waals surface area contributed by atoms with Gasteiger partial charge in [-0.1, -0.05) is 0 Å². The minimum atomic E-state index is -0.875. The van der Waals surface area contributed by atoms with Gasteiger partial charge in [0, 0.05) is 12.1 Å². The molecule has 18 heavy (non-hydrogen) atoms. The van der Waals surface area contributed by atoms with Crippen molar-refractivity contribution in [1.29, 1.82) is 0 Å². The van der Waals surface area contributed by atoms with Crippen LogP contribution in [-0.4, -0.2) is 23.3 Å². The van der Waals surface area contributed by atoms with Crippen molar-refractivity contribution in [3.63, 3.8) is 0 Å². The number of hydrogen-bond donors (Lipinski definition) is 3. The largest absolute Gasteiger partial charge is 0.465 e. The van der Waals surface area contributed by atoms with Crippen LogP contribution in [0.15, 0.2) is 0 Å². The van der Waals surface area contributed by atoms with E-state index >= 15 is 0 Å². The van der Waals surface area contributed by atoms with Crippen molar-refractivity contribution in [3.05, 3.63) is 0 Å². The van der Waals surface area contributed by atoms with Gasteiger partial charge in [-0.2, -0.15) is 0 Å². The molecule has 0 aromatic carbocycles. The average molecular weight is 254 g/mol. The molecule has 2 aliphatic rings. The fourth-order valence-corrected chi connectivity index (χ4v) is 3.61. The molecule has 0 radical (unpaired) electrons. The number of nitrogens with one attached hydrogen (secondary N) is 1. The molecule has 0 saturated heterocycles. The van der Waals surface area contributed by atoms with E-state index in [2.05, 4.69) is 5.32 Å². The van der Waals surface area contributed by atoms with Crippen molar-refractivity contribution in [2.45, 2.75) is 69.9 Å². The molecule has 0 heterocycles. The highest BCUT2D eigenvalue weighted by atomic mass is 16.4. The molecule has 0 aliphatic heterocycles. The molecule has 2 fully saturated rings. The molecular weight excluding hydrogens is 228 g/mol. The van der Waals surface area contributed by atoms with Crippen molar-refractivity contribution in [2.75, 3.05) is 0 Å². The minimum Gasteiger partial charge on any atom is -0.465 e. The van der Waals surface area contributed by atoms with E-state index in [-0.39, 0.29) is 6.04 Å². The van der Waals surface area contributed by atoms with E-state index in [0.717, 1.165) is 24.7 Å². The molecule has 4 heteroatoms. The van der Waals surface area contributed by atoms with Crippen LogP contribution in [0.25, 0.3) is 0 Å². The van der Waals surface area contributed by atoms with Gasteiger partial charge in [0.1, 0.15) is 0 Å². The number of hydrogen-bond acceptors (Lipinski definition) is 2. The SMILES string of the molecule is NC1CCC(CC2CCC(NC(=O)O)CC2)CC1. The lowest BCUT2D eigenvalue weighted by Gasteiger charge is -2.33. The second-order valence-electron chi connectivity index (χ2n) is 6.18. The van der Waals surface area contributed by atoms with Crippen LogP contribution in [0.5, 0.6) is 0 Å². The second kappa shape index (κ2) is 6.41. The fourth-order valence-electron chi connectivity index (χ4n) is 3.61. The Balaban J connectivity index is 1.65. The minimum absolute atomic E-state index is 0.193. The maximum absolute atomic E-state index is 10.6. The standard InChI is InChI=1S/C14H26N2O2/c15-12-5-1-10(2-6-12)9-11-3-7-13(8-4-11)16-14(17)18/h10-13,16H,1-9,15H2,(H,17,18). The molecule has 1 amide bonds. The third-order valence-corrected chi connectivity index (χ3v) is 4.73. The van der Waals surface area contributed by atoms with Gasteiger partial charge >= 0.3 is 6.09 Å². The van der Waals surface area contributed by atoms with E-state index in [4.69, 9.17) is 10.8 Å². The van der Waals surface area contributed by atoms with E-state index in [1.165, 1.54) is 44.9 Å². The summed E-state index contributed by atoms with van der Waals surface area (Å²) in [5.74, 6) is 1.69.